The summed E-state index contributed by atoms with van der Waals surface area (Å²) in [5, 5.41) is 10.7. The minimum absolute atomic E-state index is 0.0411. The second kappa shape index (κ2) is 5.27. The number of ether oxygens (including phenoxy) is 1. The highest BCUT2D eigenvalue weighted by Crippen LogP contribution is 2.26. The molecule has 0 unspecified atom stereocenters. The fraction of sp³-hybridized carbons (Fsp3) is 0.0909. The molecule has 0 saturated heterocycles. The summed E-state index contributed by atoms with van der Waals surface area (Å²) in [5.74, 6) is 6.14. The zero-order valence-corrected chi connectivity index (χ0v) is 10.0. The maximum absolute atomic E-state index is 10.7. The molecule has 0 amide bonds. The topological polar surface area (TPSA) is 116 Å². The number of aryl methyl sites for hydroxylation is 1. The molecule has 1 aromatic heterocycles. The van der Waals surface area contributed by atoms with Crippen molar-refractivity contribution in [3.63, 3.8) is 0 Å². The van der Waals surface area contributed by atoms with E-state index in [2.05, 4.69) is 15.4 Å². The Morgan fingerprint density at radius 2 is 2.21 bits per heavy atom. The van der Waals surface area contributed by atoms with Crippen LogP contribution in [-0.2, 0) is 0 Å². The maximum atomic E-state index is 10.7. The van der Waals surface area contributed by atoms with Crippen molar-refractivity contribution in [1.82, 2.24) is 9.97 Å². The number of nitrogens with two attached hydrogens (primary N) is 1. The average molecular weight is 261 g/mol. The van der Waals surface area contributed by atoms with Gasteiger partial charge in [-0.2, -0.15) is 4.98 Å². The first-order valence-electron chi connectivity index (χ1n) is 5.32. The molecule has 2 aromatic rings. The molecule has 8 heteroatoms. The van der Waals surface area contributed by atoms with Crippen LogP contribution in [0.4, 0.5) is 11.6 Å². The zero-order valence-electron chi connectivity index (χ0n) is 10.0. The molecule has 98 valence electrons. The number of nitrogens with zero attached hydrogens (tertiary/aromatic N) is 3. The Morgan fingerprint density at radius 1 is 1.42 bits per heavy atom. The monoisotopic (exact) mass is 261 g/mol. The van der Waals surface area contributed by atoms with Gasteiger partial charge in [0.15, 0.2) is 0 Å². The SMILES string of the molecule is Cc1cc(Oc2ccnc(NN)n2)ccc1[N+](=O)[O-]. The molecule has 0 aliphatic rings. The van der Waals surface area contributed by atoms with Gasteiger partial charge >= 0.3 is 0 Å². The molecule has 0 bridgehead atoms. The predicted octanol–water partition coefficient (Wildman–Crippen LogP) is 1.77. The lowest BCUT2D eigenvalue weighted by Crippen LogP contribution is -2.10. The third-order valence-electron chi connectivity index (χ3n) is 2.35. The largest absolute Gasteiger partial charge is 0.439 e. The lowest BCUT2D eigenvalue weighted by molar-refractivity contribution is -0.385. The van der Waals surface area contributed by atoms with Crippen molar-refractivity contribution in [3.05, 3.63) is 46.1 Å². The minimum Gasteiger partial charge on any atom is -0.439 e. The Labute approximate surface area is 108 Å². The van der Waals surface area contributed by atoms with Gasteiger partial charge in [0.2, 0.25) is 11.8 Å². The van der Waals surface area contributed by atoms with Crippen LogP contribution >= 0.6 is 0 Å². The van der Waals surface area contributed by atoms with Gasteiger partial charge in [0.05, 0.1) is 4.92 Å². The van der Waals surface area contributed by atoms with E-state index in [1.807, 2.05) is 0 Å². The Kier molecular flexibility index (Phi) is 3.53. The Morgan fingerprint density at radius 3 is 2.84 bits per heavy atom. The first-order chi connectivity index (χ1) is 9.10. The molecule has 0 saturated carbocycles. The number of aromatic nitrogens is 2. The summed E-state index contributed by atoms with van der Waals surface area (Å²) in [6.07, 6.45) is 1.48. The molecule has 1 heterocycles. The van der Waals surface area contributed by atoms with Gasteiger partial charge in [0.1, 0.15) is 5.75 Å². The van der Waals surface area contributed by atoms with E-state index in [1.54, 1.807) is 19.1 Å². The first kappa shape index (κ1) is 12.7. The molecule has 2 rings (SSSR count). The predicted molar refractivity (Wildman–Crippen MR) is 67.7 cm³/mol. The number of hydrogen-bond acceptors (Lipinski definition) is 7. The van der Waals surface area contributed by atoms with Crippen molar-refractivity contribution < 1.29 is 9.66 Å². The van der Waals surface area contributed by atoms with E-state index >= 15 is 0 Å². The van der Waals surface area contributed by atoms with Crippen LogP contribution in [0.5, 0.6) is 11.6 Å². The third-order valence-corrected chi connectivity index (χ3v) is 2.35. The van der Waals surface area contributed by atoms with E-state index < -0.39 is 4.92 Å². The van der Waals surface area contributed by atoms with Crippen LogP contribution in [0, 0.1) is 17.0 Å². The average Bonchev–Trinajstić information content (AvgIpc) is 2.38. The summed E-state index contributed by atoms with van der Waals surface area (Å²) in [6, 6.07) is 6.00. The van der Waals surface area contributed by atoms with Crippen molar-refractivity contribution >= 4 is 11.6 Å². The summed E-state index contributed by atoms with van der Waals surface area (Å²) in [4.78, 5) is 18.1. The maximum Gasteiger partial charge on any atom is 0.272 e. The van der Waals surface area contributed by atoms with E-state index in [4.69, 9.17) is 10.6 Å². The molecule has 1 aromatic carbocycles. The normalized spacial score (nSPS) is 10.0. The van der Waals surface area contributed by atoms with Crippen LogP contribution in [0.2, 0.25) is 0 Å². The second-order valence-electron chi connectivity index (χ2n) is 3.67. The number of anilines is 1. The van der Waals surface area contributed by atoms with E-state index in [-0.39, 0.29) is 17.5 Å². The van der Waals surface area contributed by atoms with Crippen LogP contribution in [0.1, 0.15) is 5.56 Å². The van der Waals surface area contributed by atoms with E-state index in [0.29, 0.717) is 11.3 Å². The highest BCUT2D eigenvalue weighted by atomic mass is 16.6. The number of benzene rings is 1. The molecule has 0 fully saturated rings. The quantitative estimate of drug-likeness (QED) is 0.489. The summed E-state index contributed by atoms with van der Waals surface area (Å²) in [7, 11) is 0. The highest BCUT2D eigenvalue weighted by molar-refractivity contribution is 5.45. The fourth-order valence-corrected chi connectivity index (χ4v) is 1.49. The summed E-state index contributed by atoms with van der Waals surface area (Å²) < 4.78 is 5.47. The lowest BCUT2D eigenvalue weighted by Gasteiger charge is -2.06. The molecule has 0 radical (unpaired) electrons. The number of nitro benzene ring substituents is 1. The third kappa shape index (κ3) is 2.93. The molecule has 0 spiro atoms. The van der Waals surface area contributed by atoms with Crippen molar-refractivity contribution in [2.24, 2.45) is 5.84 Å². The molecule has 3 N–H and O–H groups in total. The number of rotatable bonds is 4. The highest BCUT2D eigenvalue weighted by Gasteiger charge is 2.11. The summed E-state index contributed by atoms with van der Waals surface area (Å²) in [6.45, 7) is 1.64. The van der Waals surface area contributed by atoms with Crippen molar-refractivity contribution in [2.45, 2.75) is 6.92 Å². The van der Waals surface area contributed by atoms with Gasteiger partial charge in [-0.15, -0.1) is 0 Å². The number of nitrogens with one attached hydrogen (secondary N) is 1. The Bertz CT molecular complexity index is 617. The van der Waals surface area contributed by atoms with Crippen LogP contribution < -0.4 is 16.0 Å². The van der Waals surface area contributed by atoms with Gasteiger partial charge in [-0.1, -0.05) is 0 Å². The first-order valence-corrected chi connectivity index (χ1v) is 5.32. The van der Waals surface area contributed by atoms with Gasteiger partial charge in [-0.3, -0.25) is 15.5 Å². The zero-order chi connectivity index (χ0) is 13.8. The molecular formula is C11H11N5O3. The molecule has 19 heavy (non-hydrogen) atoms. The van der Waals surface area contributed by atoms with Crippen molar-refractivity contribution in [3.8, 4) is 11.6 Å². The van der Waals surface area contributed by atoms with Crippen LogP contribution in [0.15, 0.2) is 30.5 Å². The van der Waals surface area contributed by atoms with Crippen LogP contribution in [0.25, 0.3) is 0 Å². The van der Waals surface area contributed by atoms with E-state index in [1.165, 1.54) is 18.3 Å². The second-order valence-corrected chi connectivity index (χ2v) is 3.67. The summed E-state index contributed by atoms with van der Waals surface area (Å²) >= 11 is 0. The lowest BCUT2D eigenvalue weighted by atomic mass is 10.2. The van der Waals surface area contributed by atoms with Gasteiger partial charge in [0.25, 0.3) is 5.69 Å². The van der Waals surface area contributed by atoms with E-state index in [9.17, 15) is 10.1 Å². The summed E-state index contributed by atoms with van der Waals surface area (Å²) in [5.41, 5.74) is 2.85. The van der Waals surface area contributed by atoms with Crippen LogP contribution in [-0.4, -0.2) is 14.9 Å². The number of nitrogen functional groups attached to an aromatic ring is 1. The Hall–Kier alpha value is -2.74. The number of hydrazine groups is 1. The molecule has 0 aliphatic heterocycles. The Balaban J connectivity index is 2.23. The van der Waals surface area contributed by atoms with E-state index in [0.717, 1.165) is 0 Å². The molecule has 0 atom stereocenters. The van der Waals surface area contributed by atoms with Gasteiger partial charge in [-0.05, 0) is 19.1 Å². The van der Waals surface area contributed by atoms with Gasteiger partial charge in [0, 0.05) is 23.9 Å². The smallest absolute Gasteiger partial charge is 0.272 e. The van der Waals surface area contributed by atoms with Crippen molar-refractivity contribution in [1.29, 1.82) is 0 Å². The fourth-order valence-electron chi connectivity index (χ4n) is 1.49. The number of hydrogen-bond donors (Lipinski definition) is 2. The van der Waals surface area contributed by atoms with Gasteiger partial charge in [-0.25, -0.2) is 10.8 Å². The minimum atomic E-state index is -0.444. The van der Waals surface area contributed by atoms with Gasteiger partial charge < -0.3 is 4.74 Å². The molecule has 0 aliphatic carbocycles. The molecule has 8 nitrogen and oxygen atoms in total. The van der Waals surface area contributed by atoms with Crippen molar-refractivity contribution in [2.75, 3.05) is 5.43 Å². The standard InChI is InChI=1S/C11H11N5O3/c1-7-6-8(2-3-9(7)16(17)18)19-10-4-5-13-11(14-10)15-12/h2-6H,12H2,1H3,(H,13,14,15). The molecular weight excluding hydrogens is 250 g/mol. The number of nitro groups is 1. The van der Waals surface area contributed by atoms with Crippen LogP contribution in [0.3, 0.4) is 0 Å².